The maximum Gasteiger partial charge on any atom is 0.351 e. The van der Waals surface area contributed by atoms with Crippen molar-refractivity contribution in [1.29, 1.82) is 0 Å². The van der Waals surface area contributed by atoms with Crippen LogP contribution in [-0.4, -0.2) is 19.0 Å². The van der Waals surface area contributed by atoms with Crippen LogP contribution in [0.25, 0.3) is 0 Å². The van der Waals surface area contributed by atoms with Gasteiger partial charge in [-0.15, -0.1) is 0 Å². The highest BCUT2D eigenvalue weighted by Crippen LogP contribution is 2.29. The average Bonchev–Trinajstić information content (AvgIpc) is 2.74. The molecule has 0 saturated carbocycles. The lowest BCUT2D eigenvalue weighted by molar-refractivity contribution is -0.167. The van der Waals surface area contributed by atoms with Gasteiger partial charge in [-0.2, -0.15) is 0 Å². The van der Waals surface area contributed by atoms with Gasteiger partial charge in [-0.3, -0.25) is 4.79 Å². The van der Waals surface area contributed by atoms with Gasteiger partial charge in [0.25, 0.3) is 0 Å². The second kappa shape index (κ2) is 8.81. The monoisotopic (exact) mass is 360 g/mol. The number of carbonyl (C=O) groups excluding carboxylic acids is 2. The summed E-state index contributed by atoms with van der Waals surface area (Å²) in [6.45, 7) is 0. The topological polar surface area (TPSA) is 52.6 Å². The summed E-state index contributed by atoms with van der Waals surface area (Å²) in [6.07, 6.45) is -1.11. The zero-order valence-corrected chi connectivity index (χ0v) is 14.9. The molecule has 1 atom stereocenters. The Bertz CT molecular complexity index is 837. The van der Waals surface area contributed by atoms with Gasteiger partial charge in [-0.05, 0) is 11.1 Å². The molecule has 0 aliphatic carbocycles. The molecule has 0 saturated heterocycles. The summed E-state index contributed by atoms with van der Waals surface area (Å²) in [5, 5.41) is 0. The Labute approximate surface area is 158 Å². The fourth-order valence-corrected chi connectivity index (χ4v) is 2.93. The highest BCUT2D eigenvalue weighted by molar-refractivity contribution is 5.86. The Kier molecular flexibility index (Phi) is 6.00. The summed E-state index contributed by atoms with van der Waals surface area (Å²) >= 11 is 0. The Morgan fingerprint density at radius 3 is 1.44 bits per heavy atom. The van der Waals surface area contributed by atoms with Crippen LogP contribution < -0.4 is 0 Å². The highest BCUT2D eigenvalue weighted by Gasteiger charge is 2.31. The minimum atomic E-state index is -1.11. The Morgan fingerprint density at radius 2 is 1.04 bits per heavy atom. The first kappa shape index (κ1) is 18.4. The normalized spacial score (nSPS) is 11.6. The van der Waals surface area contributed by atoms with Crippen molar-refractivity contribution in [2.45, 2.75) is 12.0 Å². The smallest absolute Gasteiger partial charge is 0.351 e. The van der Waals surface area contributed by atoms with Gasteiger partial charge >= 0.3 is 11.9 Å². The summed E-state index contributed by atoms with van der Waals surface area (Å²) in [5.41, 5.74) is 2.16. The Hall–Kier alpha value is -3.40. The predicted molar refractivity (Wildman–Crippen MR) is 102 cm³/mol. The molecule has 4 nitrogen and oxygen atoms in total. The van der Waals surface area contributed by atoms with E-state index in [4.69, 9.17) is 9.47 Å². The van der Waals surface area contributed by atoms with Crippen molar-refractivity contribution < 1.29 is 19.1 Å². The molecule has 1 unspecified atom stereocenters. The molecule has 0 spiro atoms. The van der Waals surface area contributed by atoms with Crippen LogP contribution in [0.1, 0.15) is 28.7 Å². The molecule has 0 bridgehead atoms. The average molecular weight is 360 g/mol. The number of ether oxygens (including phenoxy) is 2. The molecule has 0 fully saturated rings. The van der Waals surface area contributed by atoms with Gasteiger partial charge in [-0.25, -0.2) is 4.79 Å². The van der Waals surface area contributed by atoms with Crippen LogP contribution in [0.3, 0.4) is 0 Å². The lowest BCUT2D eigenvalue weighted by Gasteiger charge is -2.21. The number of benzene rings is 3. The zero-order valence-electron chi connectivity index (χ0n) is 14.9. The van der Waals surface area contributed by atoms with E-state index < -0.39 is 24.0 Å². The van der Waals surface area contributed by atoms with Crippen molar-refractivity contribution in [3.8, 4) is 0 Å². The summed E-state index contributed by atoms with van der Waals surface area (Å²) in [5.74, 6) is -1.76. The molecule has 27 heavy (non-hydrogen) atoms. The maximum atomic E-state index is 13.1. The molecule has 0 heterocycles. The molecular formula is C23H20O4. The summed E-state index contributed by atoms with van der Waals surface area (Å²) < 4.78 is 10.5. The lowest BCUT2D eigenvalue weighted by Crippen LogP contribution is -2.25. The number of carbonyl (C=O) groups is 2. The van der Waals surface area contributed by atoms with Crippen LogP contribution in [0.2, 0.25) is 0 Å². The van der Waals surface area contributed by atoms with Gasteiger partial charge in [-0.1, -0.05) is 91.0 Å². The Morgan fingerprint density at radius 1 is 0.630 bits per heavy atom. The van der Waals surface area contributed by atoms with E-state index in [0.717, 1.165) is 11.1 Å². The SMILES string of the molecule is COC(=O)C(OC(=O)C(c1ccccc1)c1ccccc1)c1ccccc1. The molecule has 0 N–H and O–H groups in total. The van der Waals surface area contributed by atoms with Crippen LogP contribution in [0.15, 0.2) is 91.0 Å². The molecule has 3 aromatic rings. The maximum absolute atomic E-state index is 13.1. The predicted octanol–water partition coefficient (Wildman–Crippen LogP) is 4.28. The summed E-state index contributed by atoms with van der Waals surface area (Å²) in [4.78, 5) is 25.4. The van der Waals surface area contributed by atoms with E-state index >= 15 is 0 Å². The fourth-order valence-electron chi connectivity index (χ4n) is 2.93. The first-order valence-corrected chi connectivity index (χ1v) is 8.64. The van der Waals surface area contributed by atoms with Crippen molar-refractivity contribution in [3.63, 3.8) is 0 Å². The van der Waals surface area contributed by atoms with Crippen LogP contribution in [0.5, 0.6) is 0 Å². The number of esters is 2. The lowest BCUT2D eigenvalue weighted by atomic mass is 9.91. The van der Waals surface area contributed by atoms with E-state index in [2.05, 4.69) is 0 Å². The van der Waals surface area contributed by atoms with Crippen molar-refractivity contribution in [1.82, 2.24) is 0 Å². The molecule has 136 valence electrons. The number of rotatable bonds is 6. The molecule has 0 aliphatic heterocycles. The largest absolute Gasteiger partial charge is 0.466 e. The van der Waals surface area contributed by atoms with Crippen LogP contribution in [0.4, 0.5) is 0 Å². The molecule has 3 aromatic carbocycles. The van der Waals surface area contributed by atoms with Gasteiger partial charge < -0.3 is 9.47 Å². The Balaban J connectivity index is 1.95. The van der Waals surface area contributed by atoms with Crippen molar-refractivity contribution in [2.75, 3.05) is 7.11 Å². The van der Waals surface area contributed by atoms with Crippen molar-refractivity contribution in [2.24, 2.45) is 0 Å². The second-order valence-electron chi connectivity index (χ2n) is 6.01. The van der Waals surface area contributed by atoms with Gasteiger partial charge in [0.2, 0.25) is 6.10 Å². The standard InChI is InChI=1S/C23H20O4/c1-26-23(25)21(19-15-9-4-10-16-19)27-22(24)20(17-11-5-2-6-12-17)18-13-7-3-8-14-18/h2-16,20-21H,1H3. The number of methoxy groups -OCH3 is 1. The molecule has 0 radical (unpaired) electrons. The van der Waals surface area contributed by atoms with E-state index in [-0.39, 0.29) is 0 Å². The summed E-state index contributed by atoms with van der Waals surface area (Å²) in [6, 6.07) is 27.6. The third kappa shape index (κ3) is 4.42. The summed E-state index contributed by atoms with van der Waals surface area (Å²) in [7, 11) is 1.28. The van der Waals surface area contributed by atoms with E-state index in [1.165, 1.54) is 7.11 Å². The minimum absolute atomic E-state index is 0.508. The quantitative estimate of drug-likeness (QED) is 0.616. The molecule has 0 aliphatic rings. The molecule has 0 aromatic heterocycles. The highest BCUT2D eigenvalue weighted by atomic mass is 16.6. The van der Waals surface area contributed by atoms with Crippen molar-refractivity contribution >= 4 is 11.9 Å². The number of hydrogen-bond donors (Lipinski definition) is 0. The van der Waals surface area contributed by atoms with E-state index in [1.54, 1.807) is 24.3 Å². The minimum Gasteiger partial charge on any atom is -0.466 e. The van der Waals surface area contributed by atoms with E-state index in [0.29, 0.717) is 5.56 Å². The molecular weight excluding hydrogens is 340 g/mol. The number of hydrogen-bond acceptors (Lipinski definition) is 4. The zero-order chi connectivity index (χ0) is 19.1. The van der Waals surface area contributed by atoms with Crippen LogP contribution in [0, 0.1) is 0 Å². The van der Waals surface area contributed by atoms with Gasteiger partial charge in [0.1, 0.15) is 5.92 Å². The third-order valence-corrected chi connectivity index (χ3v) is 4.25. The van der Waals surface area contributed by atoms with Crippen molar-refractivity contribution in [3.05, 3.63) is 108 Å². The van der Waals surface area contributed by atoms with E-state index in [9.17, 15) is 9.59 Å². The first-order chi connectivity index (χ1) is 13.2. The second-order valence-corrected chi connectivity index (χ2v) is 6.01. The van der Waals surface area contributed by atoms with E-state index in [1.807, 2.05) is 66.7 Å². The van der Waals surface area contributed by atoms with Gasteiger partial charge in [0.15, 0.2) is 0 Å². The van der Waals surface area contributed by atoms with Crippen LogP contribution >= 0.6 is 0 Å². The van der Waals surface area contributed by atoms with Crippen LogP contribution in [-0.2, 0) is 19.1 Å². The fraction of sp³-hybridized carbons (Fsp3) is 0.130. The molecule has 0 amide bonds. The molecule has 3 rings (SSSR count). The first-order valence-electron chi connectivity index (χ1n) is 8.64. The van der Waals surface area contributed by atoms with Gasteiger partial charge in [0.05, 0.1) is 7.11 Å². The third-order valence-electron chi connectivity index (χ3n) is 4.25. The molecule has 4 heteroatoms. The van der Waals surface area contributed by atoms with Gasteiger partial charge in [0, 0.05) is 5.56 Å².